The Bertz CT molecular complexity index is 399. The van der Waals surface area contributed by atoms with Crippen LogP contribution in [0.25, 0.3) is 0 Å². The molecule has 0 fully saturated rings. The van der Waals surface area contributed by atoms with E-state index in [1.165, 1.54) is 6.07 Å². The molecule has 0 aliphatic carbocycles. The van der Waals surface area contributed by atoms with Crippen molar-refractivity contribution in [1.82, 2.24) is 5.43 Å². The van der Waals surface area contributed by atoms with Gasteiger partial charge < -0.3 is 4.74 Å². The van der Waals surface area contributed by atoms with Gasteiger partial charge in [0.2, 0.25) is 0 Å². The van der Waals surface area contributed by atoms with E-state index in [0.717, 1.165) is 5.56 Å². The van der Waals surface area contributed by atoms with Crippen LogP contribution in [0.1, 0.15) is 26.3 Å². The molecule has 0 spiro atoms. The minimum absolute atomic E-state index is 0.0843. The molecule has 0 radical (unpaired) electrons. The molecule has 0 saturated carbocycles. The minimum atomic E-state index is -0.415. The first-order valence-corrected chi connectivity index (χ1v) is 6.32. The van der Waals surface area contributed by atoms with Crippen LogP contribution in [0.5, 0.6) is 0 Å². The minimum Gasteiger partial charge on any atom is -0.374 e. The van der Waals surface area contributed by atoms with Gasteiger partial charge in [0, 0.05) is 6.61 Å². The highest BCUT2D eigenvalue weighted by atomic mass is 35.5. The molecule has 1 aromatic carbocycles. The molecule has 5 heteroatoms. The predicted molar refractivity (Wildman–Crippen MR) is 71.9 cm³/mol. The summed E-state index contributed by atoms with van der Waals surface area (Å²) in [4.78, 5) is 0. The van der Waals surface area contributed by atoms with E-state index in [9.17, 15) is 4.39 Å². The van der Waals surface area contributed by atoms with Crippen LogP contribution >= 0.6 is 11.6 Å². The standard InChI is InChI=1S/C13H20ClFN2O/c1-4-18-13(2,3)12(17-16)8-9-5-6-11(15)10(14)7-9/h5-7,12,17H,4,8,16H2,1-3H3. The van der Waals surface area contributed by atoms with Crippen LogP contribution in [0.2, 0.25) is 5.02 Å². The summed E-state index contributed by atoms with van der Waals surface area (Å²) < 4.78 is 18.7. The van der Waals surface area contributed by atoms with Crippen molar-refractivity contribution in [2.24, 2.45) is 5.84 Å². The van der Waals surface area contributed by atoms with Gasteiger partial charge in [-0.2, -0.15) is 0 Å². The molecule has 1 unspecified atom stereocenters. The van der Waals surface area contributed by atoms with Gasteiger partial charge >= 0.3 is 0 Å². The van der Waals surface area contributed by atoms with E-state index in [4.69, 9.17) is 22.2 Å². The molecular weight excluding hydrogens is 255 g/mol. The number of rotatable bonds is 6. The van der Waals surface area contributed by atoms with Crippen molar-refractivity contribution in [3.63, 3.8) is 0 Å². The third-order valence-electron chi connectivity index (χ3n) is 2.98. The highest BCUT2D eigenvalue weighted by Crippen LogP contribution is 2.21. The molecule has 0 aliphatic heterocycles. The van der Waals surface area contributed by atoms with Crippen LogP contribution < -0.4 is 11.3 Å². The Labute approximate surface area is 112 Å². The monoisotopic (exact) mass is 274 g/mol. The van der Waals surface area contributed by atoms with E-state index < -0.39 is 11.4 Å². The molecule has 102 valence electrons. The van der Waals surface area contributed by atoms with Crippen LogP contribution in [-0.2, 0) is 11.2 Å². The lowest BCUT2D eigenvalue weighted by molar-refractivity contribution is -0.0380. The molecule has 0 amide bonds. The van der Waals surface area contributed by atoms with Crippen molar-refractivity contribution in [2.45, 2.75) is 38.8 Å². The van der Waals surface area contributed by atoms with Crippen LogP contribution in [-0.4, -0.2) is 18.2 Å². The molecule has 0 aromatic heterocycles. The fourth-order valence-electron chi connectivity index (χ4n) is 1.88. The molecule has 3 nitrogen and oxygen atoms in total. The first kappa shape index (κ1) is 15.4. The average molecular weight is 275 g/mol. The molecular formula is C13H20ClFN2O. The Balaban J connectivity index is 2.82. The van der Waals surface area contributed by atoms with Crippen LogP contribution in [0, 0.1) is 5.82 Å². The summed E-state index contributed by atoms with van der Waals surface area (Å²) >= 11 is 5.76. The molecule has 18 heavy (non-hydrogen) atoms. The summed E-state index contributed by atoms with van der Waals surface area (Å²) in [5, 5.41) is 0.123. The zero-order chi connectivity index (χ0) is 13.8. The molecule has 3 N–H and O–H groups in total. The largest absolute Gasteiger partial charge is 0.374 e. The maximum atomic E-state index is 13.1. The van der Waals surface area contributed by atoms with E-state index in [1.54, 1.807) is 12.1 Å². The zero-order valence-corrected chi connectivity index (χ0v) is 11.7. The maximum absolute atomic E-state index is 13.1. The van der Waals surface area contributed by atoms with Gasteiger partial charge in [0.05, 0.1) is 16.7 Å². The summed E-state index contributed by atoms with van der Waals surface area (Å²) in [5.41, 5.74) is 3.25. The normalized spacial score (nSPS) is 13.7. The molecule has 1 aromatic rings. The maximum Gasteiger partial charge on any atom is 0.141 e. The molecule has 0 heterocycles. The number of hydrogen-bond acceptors (Lipinski definition) is 3. The topological polar surface area (TPSA) is 47.3 Å². The van der Waals surface area contributed by atoms with Gasteiger partial charge in [-0.3, -0.25) is 11.3 Å². The first-order valence-electron chi connectivity index (χ1n) is 5.94. The smallest absolute Gasteiger partial charge is 0.141 e. The number of nitrogens with two attached hydrogens (primary N) is 1. The number of ether oxygens (including phenoxy) is 1. The van der Waals surface area contributed by atoms with Gasteiger partial charge in [-0.25, -0.2) is 4.39 Å². The SMILES string of the molecule is CCOC(C)(C)C(Cc1ccc(F)c(Cl)c1)NN. The lowest BCUT2D eigenvalue weighted by Gasteiger charge is -2.33. The van der Waals surface area contributed by atoms with Gasteiger partial charge in [-0.15, -0.1) is 0 Å². The van der Waals surface area contributed by atoms with E-state index in [2.05, 4.69) is 5.43 Å². The van der Waals surface area contributed by atoms with Gasteiger partial charge in [0.15, 0.2) is 0 Å². The summed E-state index contributed by atoms with van der Waals surface area (Å²) in [7, 11) is 0. The molecule has 1 rings (SSSR count). The Hall–Kier alpha value is -0.680. The Morgan fingerprint density at radius 3 is 2.67 bits per heavy atom. The Morgan fingerprint density at radius 1 is 1.50 bits per heavy atom. The molecule has 0 bridgehead atoms. The van der Waals surface area contributed by atoms with E-state index in [-0.39, 0.29) is 11.1 Å². The second-order valence-corrected chi connectivity index (χ2v) is 5.12. The predicted octanol–water partition coefficient (Wildman–Crippen LogP) is 2.67. The lowest BCUT2D eigenvalue weighted by atomic mass is 9.92. The molecule has 1 atom stereocenters. The number of hydrazine groups is 1. The summed E-state index contributed by atoms with van der Waals surface area (Å²) in [5.74, 6) is 5.15. The fraction of sp³-hybridized carbons (Fsp3) is 0.538. The van der Waals surface area contributed by atoms with Crippen LogP contribution in [0.4, 0.5) is 4.39 Å². The van der Waals surface area contributed by atoms with Crippen molar-refractivity contribution in [2.75, 3.05) is 6.61 Å². The second-order valence-electron chi connectivity index (χ2n) is 4.71. The number of nitrogens with one attached hydrogen (secondary N) is 1. The first-order chi connectivity index (χ1) is 8.40. The molecule has 0 aliphatic rings. The number of hydrogen-bond donors (Lipinski definition) is 2. The van der Waals surface area contributed by atoms with E-state index in [1.807, 2.05) is 20.8 Å². The van der Waals surface area contributed by atoms with Crippen molar-refractivity contribution in [3.05, 3.63) is 34.6 Å². The van der Waals surface area contributed by atoms with Gasteiger partial charge in [-0.05, 0) is 44.9 Å². The van der Waals surface area contributed by atoms with E-state index in [0.29, 0.717) is 13.0 Å². The highest BCUT2D eigenvalue weighted by Gasteiger charge is 2.29. The number of benzene rings is 1. The average Bonchev–Trinajstić information content (AvgIpc) is 2.30. The second kappa shape index (κ2) is 6.48. The van der Waals surface area contributed by atoms with Crippen molar-refractivity contribution >= 4 is 11.6 Å². The van der Waals surface area contributed by atoms with E-state index >= 15 is 0 Å². The van der Waals surface area contributed by atoms with Crippen molar-refractivity contribution < 1.29 is 9.13 Å². The lowest BCUT2D eigenvalue weighted by Crippen LogP contribution is -2.52. The zero-order valence-electron chi connectivity index (χ0n) is 11.0. The third kappa shape index (κ3) is 3.92. The van der Waals surface area contributed by atoms with Gasteiger partial charge in [0.1, 0.15) is 5.82 Å². The quantitative estimate of drug-likeness (QED) is 0.619. The summed E-state index contributed by atoms with van der Waals surface area (Å²) in [6.07, 6.45) is 0.615. The van der Waals surface area contributed by atoms with Gasteiger partial charge in [-0.1, -0.05) is 17.7 Å². The van der Waals surface area contributed by atoms with Gasteiger partial charge in [0.25, 0.3) is 0 Å². The van der Waals surface area contributed by atoms with Crippen LogP contribution in [0.3, 0.4) is 0 Å². The fourth-order valence-corrected chi connectivity index (χ4v) is 2.08. The van der Waals surface area contributed by atoms with Crippen LogP contribution in [0.15, 0.2) is 18.2 Å². The highest BCUT2D eigenvalue weighted by molar-refractivity contribution is 6.30. The van der Waals surface area contributed by atoms with Crippen molar-refractivity contribution in [3.8, 4) is 0 Å². The Kier molecular flexibility index (Phi) is 5.53. The number of halogens is 2. The Morgan fingerprint density at radius 2 is 2.17 bits per heavy atom. The third-order valence-corrected chi connectivity index (χ3v) is 3.27. The molecule has 0 saturated heterocycles. The summed E-state index contributed by atoms with van der Waals surface area (Å²) in [6.45, 7) is 6.47. The van der Waals surface area contributed by atoms with Crippen molar-refractivity contribution in [1.29, 1.82) is 0 Å². The summed E-state index contributed by atoms with van der Waals surface area (Å²) in [6, 6.07) is 4.59.